The van der Waals surface area contributed by atoms with Crippen molar-refractivity contribution in [2.24, 2.45) is 0 Å². The fourth-order valence-corrected chi connectivity index (χ4v) is 1.68. The van der Waals surface area contributed by atoms with Gasteiger partial charge < -0.3 is 4.74 Å². The maximum atomic E-state index is 11.4. The second kappa shape index (κ2) is 2.54. The highest BCUT2D eigenvalue weighted by Crippen LogP contribution is 2.24. The van der Waals surface area contributed by atoms with Crippen molar-refractivity contribution in [2.75, 3.05) is 6.61 Å². The fraction of sp³-hybridized carbons (Fsp3) is 0.222. The molecule has 3 rings (SSSR count). The van der Waals surface area contributed by atoms with Crippen LogP contribution in [0.25, 0.3) is 10.9 Å². The molecule has 0 unspecified atom stereocenters. The Morgan fingerprint density at radius 3 is 3.21 bits per heavy atom. The van der Waals surface area contributed by atoms with Gasteiger partial charge in [0.2, 0.25) is 0 Å². The van der Waals surface area contributed by atoms with Gasteiger partial charge in [-0.15, -0.1) is 0 Å². The molecule has 0 aliphatic carbocycles. The Kier molecular flexibility index (Phi) is 1.36. The van der Waals surface area contributed by atoms with Crippen LogP contribution in [0.2, 0.25) is 0 Å². The summed E-state index contributed by atoms with van der Waals surface area (Å²) in [6, 6.07) is 0. The summed E-state index contributed by atoms with van der Waals surface area (Å²) in [7, 11) is 0. The smallest absolute Gasteiger partial charge is 0.348 e. The lowest BCUT2D eigenvalue weighted by atomic mass is 10.3. The van der Waals surface area contributed by atoms with Crippen LogP contribution in [-0.2, 0) is 6.54 Å². The Morgan fingerprint density at radius 2 is 2.29 bits per heavy atom. The van der Waals surface area contributed by atoms with Crippen molar-refractivity contribution in [3.05, 3.63) is 29.1 Å². The summed E-state index contributed by atoms with van der Waals surface area (Å²) in [5, 5.41) is 0.835. The number of nitrogens with zero attached hydrogens (tertiary/aromatic N) is 3. The molecule has 0 spiro atoms. The van der Waals surface area contributed by atoms with Crippen LogP contribution >= 0.6 is 0 Å². The van der Waals surface area contributed by atoms with E-state index in [0.29, 0.717) is 18.9 Å². The zero-order chi connectivity index (χ0) is 9.54. The van der Waals surface area contributed by atoms with Gasteiger partial charge in [-0.1, -0.05) is 0 Å². The Balaban J connectivity index is 2.57. The topological polar surface area (TPSA) is 57.0 Å². The molecule has 2 aromatic heterocycles. The first-order chi connectivity index (χ1) is 6.86. The van der Waals surface area contributed by atoms with E-state index >= 15 is 0 Å². The second-order valence-corrected chi connectivity index (χ2v) is 3.12. The lowest BCUT2D eigenvalue weighted by Gasteiger charge is -2.18. The van der Waals surface area contributed by atoms with Gasteiger partial charge in [0.05, 0.1) is 18.3 Å². The minimum absolute atomic E-state index is 0.228. The van der Waals surface area contributed by atoms with Crippen LogP contribution in [0.15, 0.2) is 23.4 Å². The Hall–Kier alpha value is -1.91. The van der Waals surface area contributed by atoms with Crippen LogP contribution < -0.4 is 10.4 Å². The minimum atomic E-state index is -0.228. The van der Waals surface area contributed by atoms with Gasteiger partial charge >= 0.3 is 5.69 Å². The van der Waals surface area contributed by atoms with E-state index in [4.69, 9.17) is 4.74 Å². The zero-order valence-corrected chi connectivity index (χ0v) is 7.30. The van der Waals surface area contributed by atoms with Gasteiger partial charge in [-0.25, -0.2) is 9.78 Å². The van der Waals surface area contributed by atoms with E-state index in [9.17, 15) is 4.79 Å². The highest BCUT2D eigenvalue weighted by Gasteiger charge is 2.14. The summed E-state index contributed by atoms with van der Waals surface area (Å²) >= 11 is 0. The average Bonchev–Trinajstić information content (AvgIpc) is 2.24. The second-order valence-electron chi connectivity index (χ2n) is 3.12. The predicted molar refractivity (Wildman–Crippen MR) is 49.3 cm³/mol. The molecule has 0 amide bonds. The lowest BCUT2D eigenvalue weighted by Crippen LogP contribution is -2.28. The number of ether oxygens (including phenoxy) is 1. The largest absolute Gasteiger partial charge is 0.488 e. The van der Waals surface area contributed by atoms with E-state index in [1.165, 1.54) is 6.20 Å². The monoisotopic (exact) mass is 189 g/mol. The number of hydrogen-bond acceptors (Lipinski definition) is 4. The molecule has 0 atom stereocenters. The third-order valence-electron chi connectivity index (χ3n) is 2.30. The van der Waals surface area contributed by atoms with E-state index in [2.05, 4.69) is 9.97 Å². The van der Waals surface area contributed by atoms with Crippen molar-refractivity contribution in [1.82, 2.24) is 14.5 Å². The van der Waals surface area contributed by atoms with Crippen molar-refractivity contribution in [3.63, 3.8) is 0 Å². The molecule has 14 heavy (non-hydrogen) atoms. The molecular weight excluding hydrogens is 182 g/mol. The summed E-state index contributed by atoms with van der Waals surface area (Å²) in [6.45, 7) is 1.06. The molecule has 0 bridgehead atoms. The van der Waals surface area contributed by atoms with Crippen LogP contribution in [0.3, 0.4) is 0 Å². The molecular formula is C9H7N3O2. The first-order valence-corrected chi connectivity index (χ1v) is 4.32. The SMILES string of the molecule is O=c1ncc2cncc3c2n1CCO3. The number of pyridine rings is 1. The van der Waals surface area contributed by atoms with Crippen molar-refractivity contribution in [2.45, 2.75) is 6.54 Å². The van der Waals surface area contributed by atoms with Gasteiger partial charge in [0.1, 0.15) is 6.61 Å². The first kappa shape index (κ1) is 7.49. The minimum Gasteiger partial charge on any atom is -0.488 e. The molecule has 0 N–H and O–H groups in total. The molecule has 5 nitrogen and oxygen atoms in total. The highest BCUT2D eigenvalue weighted by molar-refractivity contribution is 5.83. The number of hydrogen-bond donors (Lipinski definition) is 0. The van der Waals surface area contributed by atoms with Gasteiger partial charge in [-0.2, -0.15) is 0 Å². The third kappa shape index (κ3) is 0.863. The van der Waals surface area contributed by atoms with Gasteiger partial charge in [-0.3, -0.25) is 9.55 Å². The standard InChI is InChI=1S/C9H7N3O2/c13-9-11-4-6-3-10-5-7-8(6)12(9)1-2-14-7/h3-5H,1-2H2. The Bertz CT molecular complexity index is 561. The quantitative estimate of drug-likeness (QED) is 0.593. The molecule has 3 heterocycles. The van der Waals surface area contributed by atoms with E-state index in [1.54, 1.807) is 17.0 Å². The van der Waals surface area contributed by atoms with Crippen LogP contribution in [0.4, 0.5) is 0 Å². The van der Waals surface area contributed by atoms with Crippen LogP contribution in [0.1, 0.15) is 0 Å². The average molecular weight is 189 g/mol. The maximum absolute atomic E-state index is 11.4. The summed E-state index contributed by atoms with van der Waals surface area (Å²) in [4.78, 5) is 19.2. The van der Waals surface area contributed by atoms with Crippen molar-refractivity contribution in [3.8, 4) is 5.75 Å². The van der Waals surface area contributed by atoms with E-state index in [1.807, 2.05) is 0 Å². The van der Waals surface area contributed by atoms with E-state index in [-0.39, 0.29) is 5.69 Å². The molecule has 0 saturated heterocycles. The zero-order valence-electron chi connectivity index (χ0n) is 7.30. The van der Waals surface area contributed by atoms with Crippen LogP contribution in [0.5, 0.6) is 5.75 Å². The molecule has 0 fully saturated rings. The molecule has 0 saturated carbocycles. The molecule has 5 heteroatoms. The van der Waals surface area contributed by atoms with E-state index in [0.717, 1.165) is 10.9 Å². The maximum Gasteiger partial charge on any atom is 0.348 e. The molecule has 2 aromatic rings. The highest BCUT2D eigenvalue weighted by atomic mass is 16.5. The summed E-state index contributed by atoms with van der Waals surface area (Å²) in [5.41, 5.74) is 0.569. The van der Waals surface area contributed by atoms with Gasteiger partial charge in [0, 0.05) is 17.8 Å². The normalized spacial score (nSPS) is 14.0. The summed E-state index contributed by atoms with van der Waals surface area (Å²) < 4.78 is 7.02. The Labute approximate surface area is 79.0 Å². The van der Waals surface area contributed by atoms with Gasteiger partial charge in [-0.05, 0) is 0 Å². The number of aromatic nitrogens is 3. The third-order valence-corrected chi connectivity index (χ3v) is 2.30. The van der Waals surface area contributed by atoms with Crippen LogP contribution in [-0.4, -0.2) is 21.1 Å². The molecule has 0 radical (unpaired) electrons. The number of rotatable bonds is 0. The fourth-order valence-electron chi connectivity index (χ4n) is 1.68. The summed E-state index contributed by atoms with van der Waals surface area (Å²) in [5.74, 6) is 0.660. The van der Waals surface area contributed by atoms with Gasteiger partial charge in [0.15, 0.2) is 5.75 Å². The van der Waals surface area contributed by atoms with Crippen molar-refractivity contribution >= 4 is 10.9 Å². The molecule has 70 valence electrons. The molecule has 0 aromatic carbocycles. The molecule has 1 aliphatic heterocycles. The predicted octanol–water partition coefficient (Wildman–Crippen LogP) is 0.184. The van der Waals surface area contributed by atoms with Crippen molar-refractivity contribution < 1.29 is 4.74 Å². The Morgan fingerprint density at radius 1 is 1.36 bits per heavy atom. The molecule has 1 aliphatic rings. The van der Waals surface area contributed by atoms with Crippen LogP contribution in [0, 0.1) is 0 Å². The van der Waals surface area contributed by atoms with Crippen molar-refractivity contribution in [1.29, 1.82) is 0 Å². The lowest BCUT2D eigenvalue weighted by molar-refractivity contribution is 0.282. The summed E-state index contributed by atoms with van der Waals surface area (Å²) in [6.07, 6.45) is 4.83. The van der Waals surface area contributed by atoms with E-state index < -0.39 is 0 Å². The first-order valence-electron chi connectivity index (χ1n) is 4.32. The van der Waals surface area contributed by atoms with Gasteiger partial charge in [0.25, 0.3) is 0 Å².